The second-order valence-electron chi connectivity index (χ2n) is 8.07. The Morgan fingerprint density at radius 3 is 2.55 bits per heavy atom. The average Bonchev–Trinajstić information content (AvgIpc) is 2.75. The molecule has 3 rings (SSSR count). The van der Waals surface area contributed by atoms with Gasteiger partial charge in [0.25, 0.3) is 0 Å². The molecule has 1 aliphatic heterocycles. The molecule has 31 heavy (non-hydrogen) atoms. The van der Waals surface area contributed by atoms with Crippen LogP contribution in [-0.2, 0) is 27.9 Å². The van der Waals surface area contributed by atoms with Gasteiger partial charge in [0.2, 0.25) is 10.0 Å². The molecule has 8 heteroatoms. The molecule has 0 unspecified atom stereocenters. The Hall–Kier alpha value is -1.77. The van der Waals surface area contributed by atoms with E-state index in [1.54, 1.807) is 18.2 Å². The zero-order chi connectivity index (χ0) is 22.4. The summed E-state index contributed by atoms with van der Waals surface area (Å²) >= 11 is 6.26. The maximum Gasteiger partial charge on any atom is 0.243 e. The molecule has 0 aromatic heterocycles. The molecule has 168 valence electrons. The van der Waals surface area contributed by atoms with Gasteiger partial charge in [0.1, 0.15) is 6.61 Å². The van der Waals surface area contributed by atoms with Crippen molar-refractivity contribution in [3.8, 4) is 0 Å². The van der Waals surface area contributed by atoms with E-state index in [0.29, 0.717) is 29.2 Å². The highest BCUT2D eigenvalue weighted by Crippen LogP contribution is 2.25. The van der Waals surface area contributed by atoms with E-state index in [2.05, 4.69) is 0 Å². The van der Waals surface area contributed by atoms with Crippen molar-refractivity contribution in [2.24, 2.45) is 0 Å². The standard InChI is InChI=1S/C23H29ClN2O4S/c1-25(2)15-18-7-6-8-19(13-18)23(27)17-30-16-20-14-21(9-10-22(20)24)31(28,29)26-11-4-3-5-12-26/h6-10,13-14H,3-5,11-12,15-17H2,1-2H3. The predicted octanol–water partition coefficient (Wildman–Crippen LogP) is 3.98. The van der Waals surface area contributed by atoms with Crippen LogP contribution in [0.25, 0.3) is 0 Å². The number of hydrogen-bond acceptors (Lipinski definition) is 5. The van der Waals surface area contributed by atoms with Gasteiger partial charge in [-0.2, -0.15) is 4.31 Å². The predicted molar refractivity (Wildman–Crippen MR) is 122 cm³/mol. The van der Waals surface area contributed by atoms with E-state index in [1.807, 2.05) is 37.2 Å². The van der Waals surface area contributed by atoms with Gasteiger partial charge in [-0.15, -0.1) is 0 Å². The van der Waals surface area contributed by atoms with E-state index < -0.39 is 10.0 Å². The maximum absolute atomic E-state index is 12.9. The first-order chi connectivity index (χ1) is 14.8. The number of hydrogen-bond donors (Lipinski definition) is 0. The molecule has 0 saturated carbocycles. The van der Waals surface area contributed by atoms with Crippen LogP contribution in [0, 0.1) is 0 Å². The van der Waals surface area contributed by atoms with Crippen molar-refractivity contribution >= 4 is 27.4 Å². The van der Waals surface area contributed by atoms with Gasteiger partial charge in [0.05, 0.1) is 11.5 Å². The van der Waals surface area contributed by atoms with E-state index in [9.17, 15) is 13.2 Å². The number of nitrogens with zero attached hydrogens (tertiary/aromatic N) is 2. The van der Waals surface area contributed by atoms with Crippen LogP contribution in [-0.4, -0.2) is 57.2 Å². The number of sulfonamides is 1. The van der Waals surface area contributed by atoms with Crippen molar-refractivity contribution in [3.05, 3.63) is 64.2 Å². The van der Waals surface area contributed by atoms with Crippen molar-refractivity contribution in [2.45, 2.75) is 37.3 Å². The molecule has 0 bridgehead atoms. The Kier molecular flexibility index (Phi) is 8.24. The van der Waals surface area contributed by atoms with Gasteiger partial charge in [-0.3, -0.25) is 4.79 Å². The van der Waals surface area contributed by atoms with Crippen LogP contribution < -0.4 is 0 Å². The third-order valence-electron chi connectivity index (χ3n) is 5.21. The quantitative estimate of drug-likeness (QED) is 0.525. The summed E-state index contributed by atoms with van der Waals surface area (Å²) in [5.74, 6) is -0.131. The Labute approximate surface area is 189 Å². The SMILES string of the molecule is CN(C)Cc1cccc(C(=O)COCc2cc(S(=O)(=O)N3CCCCC3)ccc2Cl)c1. The summed E-state index contributed by atoms with van der Waals surface area (Å²) in [7, 11) is 0.394. The Bertz CT molecular complexity index is 1020. The second kappa shape index (κ2) is 10.7. The lowest BCUT2D eigenvalue weighted by Gasteiger charge is -2.26. The number of rotatable bonds is 9. The lowest BCUT2D eigenvalue weighted by Crippen LogP contribution is -2.35. The van der Waals surface area contributed by atoms with Crippen molar-refractivity contribution < 1.29 is 17.9 Å². The minimum atomic E-state index is -3.55. The second-order valence-corrected chi connectivity index (χ2v) is 10.4. The molecule has 2 aromatic rings. The number of benzene rings is 2. The van der Waals surface area contributed by atoms with Crippen LogP contribution in [0.1, 0.15) is 40.7 Å². The monoisotopic (exact) mass is 464 g/mol. The fourth-order valence-electron chi connectivity index (χ4n) is 3.62. The highest BCUT2D eigenvalue weighted by molar-refractivity contribution is 7.89. The van der Waals surface area contributed by atoms with Gasteiger partial charge in [-0.25, -0.2) is 8.42 Å². The van der Waals surface area contributed by atoms with Crippen molar-refractivity contribution in [1.82, 2.24) is 9.21 Å². The summed E-state index contributed by atoms with van der Waals surface area (Å²) in [5.41, 5.74) is 2.19. The highest BCUT2D eigenvalue weighted by atomic mass is 35.5. The number of carbonyl (C=O) groups excluding carboxylic acids is 1. The van der Waals surface area contributed by atoms with Crippen LogP contribution in [0.2, 0.25) is 5.02 Å². The lowest BCUT2D eigenvalue weighted by molar-refractivity contribution is 0.0726. The fraction of sp³-hybridized carbons (Fsp3) is 0.435. The van der Waals surface area contributed by atoms with Crippen LogP contribution in [0.3, 0.4) is 0 Å². The Morgan fingerprint density at radius 2 is 1.84 bits per heavy atom. The Balaban J connectivity index is 1.64. The minimum Gasteiger partial charge on any atom is -0.369 e. The molecule has 0 atom stereocenters. The highest BCUT2D eigenvalue weighted by Gasteiger charge is 2.26. The van der Waals surface area contributed by atoms with Crippen LogP contribution in [0.5, 0.6) is 0 Å². The van der Waals surface area contributed by atoms with E-state index in [-0.39, 0.29) is 23.9 Å². The van der Waals surface area contributed by atoms with E-state index >= 15 is 0 Å². The van der Waals surface area contributed by atoms with E-state index in [1.165, 1.54) is 10.4 Å². The molecule has 1 fully saturated rings. The van der Waals surface area contributed by atoms with Crippen LogP contribution in [0.4, 0.5) is 0 Å². The largest absolute Gasteiger partial charge is 0.369 e. The van der Waals surface area contributed by atoms with Crippen molar-refractivity contribution in [2.75, 3.05) is 33.8 Å². The van der Waals surface area contributed by atoms with Gasteiger partial charge >= 0.3 is 0 Å². The van der Waals surface area contributed by atoms with Crippen LogP contribution in [0.15, 0.2) is 47.4 Å². The number of carbonyl (C=O) groups is 1. The van der Waals surface area contributed by atoms with Crippen molar-refractivity contribution in [1.29, 1.82) is 0 Å². The topological polar surface area (TPSA) is 66.9 Å². The molecule has 1 aliphatic rings. The number of ketones is 1. The Morgan fingerprint density at radius 1 is 1.10 bits per heavy atom. The van der Waals surface area contributed by atoms with Gasteiger partial charge < -0.3 is 9.64 Å². The third-order valence-corrected chi connectivity index (χ3v) is 7.47. The van der Waals surface area contributed by atoms with Crippen molar-refractivity contribution in [3.63, 3.8) is 0 Å². The zero-order valence-corrected chi connectivity index (χ0v) is 19.6. The number of halogens is 1. The molecule has 1 heterocycles. The fourth-order valence-corrected chi connectivity index (χ4v) is 5.36. The number of Topliss-reactive ketones (excluding diaryl/α,β-unsaturated/α-hetero) is 1. The summed E-state index contributed by atoms with van der Waals surface area (Å²) in [6, 6.07) is 12.1. The first kappa shape index (κ1) is 23.9. The van der Waals surface area contributed by atoms with Gasteiger partial charge in [-0.05, 0) is 62.3 Å². The minimum absolute atomic E-state index is 0.0608. The molecule has 0 N–H and O–H groups in total. The summed E-state index contributed by atoms with van der Waals surface area (Å²) < 4.78 is 32.9. The van der Waals surface area contributed by atoms with Gasteiger partial charge in [-0.1, -0.05) is 36.2 Å². The summed E-state index contributed by atoms with van der Waals surface area (Å²) in [6.45, 7) is 1.78. The number of piperidine rings is 1. The third kappa shape index (κ3) is 6.37. The smallest absolute Gasteiger partial charge is 0.243 e. The molecular weight excluding hydrogens is 436 g/mol. The zero-order valence-electron chi connectivity index (χ0n) is 18.0. The lowest BCUT2D eigenvalue weighted by atomic mass is 10.1. The summed E-state index contributed by atoms with van der Waals surface area (Å²) in [4.78, 5) is 14.8. The van der Waals surface area contributed by atoms with Crippen LogP contribution >= 0.6 is 11.6 Å². The molecule has 6 nitrogen and oxygen atoms in total. The molecule has 0 spiro atoms. The van der Waals surface area contributed by atoms with E-state index in [4.69, 9.17) is 16.3 Å². The molecule has 2 aromatic carbocycles. The molecule has 0 amide bonds. The van der Waals surface area contributed by atoms with E-state index in [0.717, 1.165) is 31.4 Å². The number of ether oxygens (including phenoxy) is 1. The molecule has 0 radical (unpaired) electrons. The molecule has 0 aliphatic carbocycles. The van der Waals surface area contributed by atoms with Gasteiger partial charge in [0.15, 0.2) is 5.78 Å². The maximum atomic E-state index is 12.9. The molecule has 1 saturated heterocycles. The van der Waals surface area contributed by atoms with Gasteiger partial charge in [0, 0.05) is 30.2 Å². The summed E-state index contributed by atoms with van der Waals surface area (Å²) in [5, 5.41) is 0.415. The molecular formula is C23H29ClN2O4S. The normalized spacial score (nSPS) is 15.4. The summed E-state index contributed by atoms with van der Waals surface area (Å²) in [6.07, 6.45) is 2.80. The average molecular weight is 465 g/mol. The first-order valence-electron chi connectivity index (χ1n) is 10.4. The first-order valence-corrected chi connectivity index (χ1v) is 12.2.